The molecule has 0 radical (unpaired) electrons. The van der Waals surface area contributed by atoms with Gasteiger partial charge in [0.25, 0.3) is 0 Å². The average Bonchev–Trinajstić information content (AvgIpc) is 2.86. The summed E-state index contributed by atoms with van der Waals surface area (Å²) >= 11 is 14.8. The van der Waals surface area contributed by atoms with E-state index in [9.17, 15) is 0 Å². The van der Waals surface area contributed by atoms with Crippen LogP contribution in [0.2, 0.25) is 0 Å². The van der Waals surface area contributed by atoms with Crippen molar-refractivity contribution in [2.45, 2.75) is 11.8 Å². The second-order valence-corrected chi connectivity index (χ2v) is 6.04. The molecule has 0 spiro atoms. The van der Waals surface area contributed by atoms with E-state index in [4.69, 9.17) is 23.2 Å². The third kappa shape index (κ3) is 1.70. The van der Waals surface area contributed by atoms with Crippen LogP contribution in [0.15, 0.2) is 12.1 Å². The van der Waals surface area contributed by atoms with Gasteiger partial charge in [-0.1, -0.05) is 0 Å². The minimum Gasteiger partial charge on any atom is -0.240 e. The Kier molecular flexibility index (Phi) is 2.75. The van der Waals surface area contributed by atoms with E-state index in [1.165, 1.54) is 0 Å². The first kappa shape index (κ1) is 10.7. The van der Waals surface area contributed by atoms with Gasteiger partial charge >= 0.3 is 0 Å². The van der Waals surface area contributed by atoms with Gasteiger partial charge < -0.3 is 0 Å². The van der Waals surface area contributed by atoms with Gasteiger partial charge in [0.15, 0.2) is 0 Å². The van der Waals surface area contributed by atoms with Gasteiger partial charge in [-0.25, -0.2) is 9.97 Å². The first-order valence-electron chi connectivity index (χ1n) is 4.61. The largest absolute Gasteiger partial charge is 0.240 e. The Bertz CT molecular complexity index is 554. The van der Waals surface area contributed by atoms with Crippen LogP contribution in [-0.2, 0) is 11.8 Å². The van der Waals surface area contributed by atoms with Crippen molar-refractivity contribution in [3.05, 3.63) is 22.1 Å². The first-order valence-corrected chi connectivity index (χ1v) is 7.31. The van der Waals surface area contributed by atoms with Gasteiger partial charge in [0, 0.05) is 0 Å². The SMILES string of the molecule is ClCc1nc2cc3sc(CCl)nc3cc2s1. The molecule has 3 aromatic rings. The summed E-state index contributed by atoms with van der Waals surface area (Å²) in [5, 5.41) is 1.90. The monoisotopic (exact) mass is 288 g/mol. The number of aromatic nitrogens is 2. The average molecular weight is 289 g/mol. The van der Waals surface area contributed by atoms with Crippen LogP contribution in [0, 0.1) is 0 Å². The Morgan fingerprint density at radius 1 is 0.875 bits per heavy atom. The molecule has 0 unspecified atom stereocenters. The van der Waals surface area contributed by atoms with Gasteiger partial charge in [0.05, 0.1) is 32.2 Å². The number of halogens is 2. The van der Waals surface area contributed by atoms with E-state index in [1.807, 2.05) is 0 Å². The predicted molar refractivity (Wildman–Crippen MR) is 71.9 cm³/mol. The Balaban J connectivity index is 2.28. The van der Waals surface area contributed by atoms with Crippen molar-refractivity contribution >= 4 is 66.3 Å². The lowest BCUT2D eigenvalue weighted by atomic mass is 10.3. The molecule has 0 aliphatic rings. The lowest BCUT2D eigenvalue weighted by molar-refractivity contribution is 1.30. The van der Waals surface area contributed by atoms with E-state index in [2.05, 4.69) is 22.1 Å². The fourth-order valence-corrected chi connectivity index (χ4v) is 3.67. The van der Waals surface area contributed by atoms with Gasteiger partial charge in [-0.2, -0.15) is 0 Å². The molecule has 0 fully saturated rings. The van der Waals surface area contributed by atoms with Crippen molar-refractivity contribution < 1.29 is 0 Å². The molecule has 0 aliphatic heterocycles. The molecule has 0 aliphatic carbocycles. The van der Waals surface area contributed by atoms with Crippen molar-refractivity contribution in [1.29, 1.82) is 0 Å². The topological polar surface area (TPSA) is 25.8 Å². The molecule has 3 rings (SSSR count). The predicted octanol–water partition coefficient (Wildman–Crippen LogP) is 4.38. The normalized spacial score (nSPS) is 11.6. The maximum Gasteiger partial charge on any atom is 0.109 e. The summed E-state index contributed by atoms with van der Waals surface area (Å²) < 4.78 is 2.27. The van der Waals surface area contributed by atoms with E-state index in [-0.39, 0.29) is 0 Å². The summed E-state index contributed by atoms with van der Waals surface area (Å²) in [6, 6.07) is 4.12. The highest BCUT2D eigenvalue weighted by atomic mass is 35.5. The van der Waals surface area contributed by atoms with Crippen molar-refractivity contribution in [3.63, 3.8) is 0 Å². The standard InChI is InChI=1S/C10H6Cl2N2S2/c11-3-9-13-5-1-7-6(2-8(5)16-9)14-10(4-12)15-7/h1-2H,3-4H2. The third-order valence-electron chi connectivity index (χ3n) is 2.22. The maximum atomic E-state index is 5.77. The number of alkyl halides is 2. The second-order valence-electron chi connectivity index (χ2n) is 3.27. The highest BCUT2D eigenvalue weighted by Crippen LogP contribution is 2.31. The van der Waals surface area contributed by atoms with E-state index >= 15 is 0 Å². The van der Waals surface area contributed by atoms with Crippen LogP contribution in [0.1, 0.15) is 10.0 Å². The number of hydrogen-bond donors (Lipinski definition) is 0. The van der Waals surface area contributed by atoms with E-state index in [0.29, 0.717) is 11.8 Å². The molecule has 6 heteroatoms. The first-order chi connectivity index (χ1) is 7.80. The summed E-state index contributed by atoms with van der Waals surface area (Å²) in [5.41, 5.74) is 2.00. The van der Waals surface area contributed by atoms with E-state index in [1.54, 1.807) is 22.7 Å². The molecule has 0 bridgehead atoms. The zero-order chi connectivity index (χ0) is 11.1. The maximum absolute atomic E-state index is 5.77. The number of thiazole rings is 2. The second kappa shape index (κ2) is 4.11. The molecule has 16 heavy (non-hydrogen) atoms. The minimum absolute atomic E-state index is 0.466. The molecule has 2 aromatic heterocycles. The van der Waals surface area contributed by atoms with Crippen LogP contribution in [0.4, 0.5) is 0 Å². The molecular weight excluding hydrogens is 283 g/mol. The molecule has 1 aromatic carbocycles. The van der Waals surface area contributed by atoms with Crippen LogP contribution in [0.5, 0.6) is 0 Å². The molecule has 2 nitrogen and oxygen atoms in total. The smallest absolute Gasteiger partial charge is 0.109 e. The van der Waals surface area contributed by atoms with Crippen molar-refractivity contribution in [1.82, 2.24) is 9.97 Å². The Labute approximate surface area is 110 Å². The molecule has 0 N–H and O–H groups in total. The van der Waals surface area contributed by atoms with Crippen LogP contribution < -0.4 is 0 Å². The van der Waals surface area contributed by atoms with Crippen LogP contribution in [-0.4, -0.2) is 9.97 Å². The number of benzene rings is 1. The van der Waals surface area contributed by atoms with Crippen LogP contribution in [0.25, 0.3) is 20.4 Å². The number of rotatable bonds is 2. The van der Waals surface area contributed by atoms with Crippen molar-refractivity contribution in [2.24, 2.45) is 0 Å². The van der Waals surface area contributed by atoms with E-state index < -0.39 is 0 Å². The minimum atomic E-state index is 0.466. The highest BCUT2D eigenvalue weighted by molar-refractivity contribution is 7.20. The van der Waals surface area contributed by atoms with Gasteiger partial charge in [-0.15, -0.1) is 45.9 Å². The van der Waals surface area contributed by atoms with Gasteiger partial charge in [0.1, 0.15) is 10.0 Å². The zero-order valence-corrected chi connectivity index (χ0v) is 11.2. The van der Waals surface area contributed by atoms with Crippen molar-refractivity contribution in [2.75, 3.05) is 0 Å². The highest BCUT2D eigenvalue weighted by Gasteiger charge is 2.08. The summed E-state index contributed by atoms with van der Waals surface area (Å²) in [6.45, 7) is 0. The van der Waals surface area contributed by atoms with Crippen molar-refractivity contribution in [3.8, 4) is 0 Å². The molecule has 0 saturated carbocycles. The quantitative estimate of drug-likeness (QED) is 0.654. The molecule has 0 amide bonds. The molecule has 82 valence electrons. The zero-order valence-electron chi connectivity index (χ0n) is 8.04. The molecular formula is C10H6Cl2N2S2. The lowest BCUT2D eigenvalue weighted by Crippen LogP contribution is -1.73. The van der Waals surface area contributed by atoms with Gasteiger partial charge in [-0.05, 0) is 12.1 Å². The van der Waals surface area contributed by atoms with Crippen LogP contribution >= 0.6 is 45.9 Å². The Morgan fingerprint density at radius 3 is 1.69 bits per heavy atom. The van der Waals surface area contributed by atoms with E-state index in [0.717, 1.165) is 30.4 Å². The fraction of sp³-hybridized carbons (Fsp3) is 0.200. The summed E-state index contributed by atoms with van der Waals surface area (Å²) in [6.07, 6.45) is 0. The summed E-state index contributed by atoms with van der Waals surface area (Å²) in [7, 11) is 0. The molecule has 0 saturated heterocycles. The third-order valence-corrected chi connectivity index (χ3v) is 5.07. The lowest BCUT2D eigenvalue weighted by Gasteiger charge is -1.86. The summed E-state index contributed by atoms with van der Waals surface area (Å²) in [4.78, 5) is 8.90. The number of nitrogens with zero attached hydrogens (tertiary/aromatic N) is 2. The summed E-state index contributed by atoms with van der Waals surface area (Å²) in [5.74, 6) is 0.931. The Morgan fingerprint density at radius 2 is 1.31 bits per heavy atom. The van der Waals surface area contributed by atoms with Gasteiger partial charge in [-0.3, -0.25) is 0 Å². The van der Waals surface area contributed by atoms with Gasteiger partial charge in [0.2, 0.25) is 0 Å². The number of fused-ring (bicyclic) bond motifs is 2. The van der Waals surface area contributed by atoms with Crippen LogP contribution in [0.3, 0.4) is 0 Å². The number of hydrogen-bond acceptors (Lipinski definition) is 4. The molecule has 0 atom stereocenters. The Hall–Kier alpha value is -0.420. The molecule has 2 heterocycles. The fourth-order valence-electron chi connectivity index (χ4n) is 1.56.